The molecule has 1 aromatic heterocycles. The Morgan fingerprint density at radius 3 is 2.95 bits per heavy atom. The van der Waals surface area contributed by atoms with E-state index < -0.39 is 0 Å². The predicted molar refractivity (Wildman–Crippen MR) is 85.1 cm³/mol. The number of thiocarbonyl (C=S) groups is 1. The first-order valence-electron chi connectivity index (χ1n) is 6.63. The van der Waals surface area contributed by atoms with Gasteiger partial charge >= 0.3 is 0 Å². The molecular weight excluding hydrogens is 270 g/mol. The Labute approximate surface area is 123 Å². The van der Waals surface area contributed by atoms with Gasteiger partial charge in [0.05, 0.1) is 23.2 Å². The lowest BCUT2D eigenvalue weighted by atomic mass is 10.0. The van der Waals surface area contributed by atoms with Crippen LogP contribution in [0.25, 0.3) is 10.9 Å². The lowest BCUT2D eigenvalue weighted by Gasteiger charge is -2.25. The number of pyridine rings is 1. The monoisotopic (exact) mass is 287 g/mol. The number of para-hydroxylation sites is 1. The molecule has 3 N–H and O–H groups in total. The summed E-state index contributed by atoms with van der Waals surface area (Å²) < 4.78 is 5.47. The number of hydrogen-bond donors (Lipinski definition) is 2. The minimum absolute atomic E-state index is 0.116. The van der Waals surface area contributed by atoms with Crippen LogP contribution < -0.4 is 11.1 Å². The first kappa shape index (κ1) is 13.3. The van der Waals surface area contributed by atoms with Crippen molar-refractivity contribution in [2.75, 3.05) is 18.5 Å². The lowest BCUT2D eigenvalue weighted by molar-refractivity contribution is 0.185. The highest BCUT2D eigenvalue weighted by molar-refractivity contribution is 7.80. The molecule has 0 amide bonds. The zero-order valence-corrected chi connectivity index (χ0v) is 12.2. The average molecular weight is 287 g/mol. The number of nitrogens with zero attached hydrogens (tertiary/aromatic N) is 1. The van der Waals surface area contributed by atoms with Crippen molar-refractivity contribution in [3.05, 3.63) is 35.9 Å². The standard InChI is InChI=1S/C15H17N3OS/c1-15(6-7-19-9-15)18-14-11(13(16)20)8-10-4-2-3-5-12(10)17-14/h2-5,8H,6-7,9H2,1H3,(H2,16,20)(H,17,18). The van der Waals surface area contributed by atoms with Crippen molar-refractivity contribution in [2.24, 2.45) is 5.73 Å². The Kier molecular flexibility index (Phi) is 3.31. The van der Waals surface area contributed by atoms with Gasteiger partial charge in [-0.25, -0.2) is 4.98 Å². The van der Waals surface area contributed by atoms with Gasteiger partial charge in [-0.1, -0.05) is 30.4 Å². The summed E-state index contributed by atoms with van der Waals surface area (Å²) >= 11 is 5.16. The number of rotatable bonds is 3. The van der Waals surface area contributed by atoms with Gasteiger partial charge < -0.3 is 15.8 Å². The third-order valence-electron chi connectivity index (χ3n) is 3.63. The topological polar surface area (TPSA) is 60.2 Å². The van der Waals surface area contributed by atoms with E-state index in [9.17, 15) is 0 Å². The van der Waals surface area contributed by atoms with Crippen LogP contribution in [0.4, 0.5) is 5.82 Å². The third-order valence-corrected chi connectivity index (χ3v) is 3.85. The van der Waals surface area contributed by atoms with Crippen LogP contribution >= 0.6 is 12.2 Å². The number of nitrogens with two attached hydrogens (primary N) is 1. The molecule has 0 saturated carbocycles. The largest absolute Gasteiger partial charge is 0.389 e. The van der Waals surface area contributed by atoms with Gasteiger partial charge in [-0.3, -0.25) is 0 Å². The van der Waals surface area contributed by atoms with Crippen LogP contribution in [0.5, 0.6) is 0 Å². The molecule has 4 nitrogen and oxygen atoms in total. The molecule has 2 aromatic rings. The normalized spacial score (nSPS) is 22.1. The van der Waals surface area contributed by atoms with Crippen molar-refractivity contribution in [2.45, 2.75) is 18.9 Å². The SMILES string of the molecule is CC1(Nc2nc3ccccc3cc2C(N)=S)CCOC1. The first-order chi connectivity index (χ1) is 9.57. The van der Waals surface area contributed by atoms with Gasteiger partial charge in [0, 0.05) is 12.0 Å². The molecule has 3 rings (SSSR count). The third kappa shape index (κ3) is 2.46. The maximum absolute atomic E-state index is 5.84. The fourth-order valence-electron chi connectivity index (χ4n) is 2.45. The summed E-state index contributed by atoms with van der Waals surface area (Å²) in [5.74, 6) is 0.740. The maximum atomic E-state index is 5.84. The molecule has 5 heteroatoms. The van der Waals surface area contributed by atoms with Crippen molar-refractivity contribution in [1.82, 2.24) is 4.98 Å². The number of aromatic nitrogens is 1. The van der Waals surface area contributed by atoms with E-state index in [1.54, 1.807) is 0 Å². The van der Waals surface area contributed by atoms with Crippen molar-refractivity contribution >= 4 is 33.9 Å². The molecule has 0 spiro atoms. The molecule has 2 heterocycles. The summed E-state index contributed by atoms with van der Waals surface area (Å²) in [6.45, 7) is 3.55. The zero-order chi connectivity index (χ0) is 14.2. The van der Waals surface area contributed by atoms with Gasteiger partial charge in [-0.15, -0.1) is 0 Å². The Hall–Kier alpha value is -1.72. The summed E-state index contributed by atoms with van der Waals surface area (Å²) in [5.41, 5.74) is 7.44. The van der Waals surface area contributed by atoms with E-state index in [0.29, 0.717) is 11.6 Å². The molecule has 104 valence electrons. The van der Waals surface area contributed by atoms with Gasteiger partial charge in [-0.2, -0.15) is 0 Å². The molecule has 1 aliphatic rings. The highest BCUT2D eigenvalue weighted by Crippen LogP contribution is 2.27. The Morgan fingerprint density at radius 2 is 2.25 bits per heavy atom. The molecule has 0 bridgehead atoms. The van der Waals surface area contributed by atoms with E-state index in [4.69, 9.17) is 22.7 Å². The van der Waals surface area contributed by atoms with E-state index >= 15 is 0 Å². The minimum Gasteiger partial charge on any atom is -0.389 e. The number of anilines is 1. The second kappa shape index (κ2) is 5.00. The van der Waals surface area contributed by atoms with Crippen LogP contribution in [-0.4, -0.2) is 28.7 Å². The summed E-state index contributed by atoms with van der Waals surface area (Å²) in [6.07, 6.45) is 0.943. The first-order valence-corrected chi connectivity index (χ1v) is 7.04. The molecule has 0 aliphatic carbocycles. The molecule has 1 fully saturated rings. The number of nitrogens with one attached hydrogen (secondary N) is 1. The van der Waals surface area contributed by atoms with Gasteiger partial charge in [0.1, 0.15) is 10.8 Å². The zero-order valence-electron chi connectivity index (χ0n) is 11.3. The highest BCUT2D eigenvalue weighted by Gasteiger charge is 2.30. The van der Waals surface area contributed by atoms with Gasteiger partial charge in [-0.05, 0) is 25.5 Å². The maximum Gasteiger partial charge on any atom is 0.137 e. The Morgan fingerprint density at radius 1 is 1.45 bits per heavy atom. The lowest BCUT2D eigenvalue weighted by Crippen LogP contribution is -2.36. The molecule has 1 aromatic carbocycles. The molecular formula is C15H17N3OS. The Bertz CT molecular complexity index is 665. The van der Waals surface area contributed by atoms with Crippen LogP contribution in [0.15, 0.2) is 30.3 Å². The smallest absolute Gasteiger partial charge is 0.137 e. The number of fused-ring (bicyclic) bond motifs is 1. The van der Waals surface area contributed by atoms with E-state index in [0.717, 1.165) is 35.3 Å². The molecule has 1 aliphatic heterocycles. The fraction of sp³-hybridized carbons (Fsp3) is 0.333. The molecule has 1 unspecified atom stereocenters. The quantitative estimate of drug-likeness (QED) is 0.849. The van der Waals surface area contributed by atoms with E-state index in [-0.39, 0.29) is 5.54 Å². The highest BCUT2D eigenvalue weighted by atomic mass is 32.1. The summed E-state index contributed by atoms with van der Waals surface area (Å²) in [6, 6.07) is 9.93. The molecule has 20 heavy (non-hydrogen) atoms. The molecule has 1 atom stereocenters. The average Bonchev–Trinajstić information content (AvgIpc) is 2.84. The molecule has 1 saturated heterocycles. The van der Waals surface area contributed by atoms with Crippen LogP contribution in [0.2, 0.25) is 0 Å². The van der Waals surface area contributed by atoms with E-state index in [1.165, 1.54) is 0 Å². The number of benzene rings is 1. The van der Waals surface area contributed by atoms with Crippen molar-refractivity contribution in [3.63, 3.8) is 0 Å². The fourth-order valence-corrected chi connectivity index (χ4v) is 2.61. The number of ether oxygens (including phenoxy) is 1. The number of hydrogen-bond acceptors (Lipinski definition) is 4. The van der Waals surface area contributed by atoms with Crippen LogP contribution in [0.1, 0.15) is 18.9 Å². The second-order valence-electron chi connectivity index (χ2n) is 5.43. The van der Waals surface area contributed by atoms with E-state index in [1.807, 2.05) is 30.3 Å². The summed E-state index contributed by atoms with van der Waals surface area (Å²) in [4.78, 5) is 5.03. The van der Waals surface area contributed by atoms with E-state index in [2.05, 4.69) is 17.2 Å². The van der Waals surface area contributed by atoms with Gasteiger partial charge in [0.2, 0.25) is 0 Å². The van der Waals surface area contributed by atoms with Gasteiger partial charge in [0.15, 0.2) is 0 Å². The Balaban J connectivity index is 2.07. The second-order valence-corrected chi connectivity index (χ2v) is 5.87. The van der Waals surface area contributed by atoms with Crippen LogP contribution in [0, 0.1) is 0 Å². The van der Waals surface area contributed by atoms with Crippen molar-refractivity contribution in [3.8, 4) is 0 Å². The van der Waals surface area contributed by atoms with Crippen molar-refractivity contribution in [1.29, 1.82) is 0 Å². The van der Waals surface area contributed by atoms with Gasteiger partial charge in [0.25, 0.3) is 0 Å². The van der Waals surface area contributed by atoms with Crippen LogP contribution in [-0.2, 0) is 4.74 Å². The van der Waals surface area contributed by atoms with Crippen molar-refractivity contribution < 1.29 is 4.74 Å². The summed E-state index contributed by atoms with van der Waals surface area (Å²) in [7, 11) is 0. The predicted octanol–water partition coefficient (Wildman–Crippen LogP) is 2.46. The minimum atomic E-state index is -0.116. The molecule has 0 radical (unpaired) electrons. The van der Waals surface area contributed by atoms with Crippen LogP contribution in [0.3, 0.4) is 0 Å². The summed E-state index contributed by atoms with van der Waals surface area (Å²) in [5, 5.41) is 4.49.